The SMILES string of the molecule is CN(C(=O)C(NC(=O)OCC1c2ccccc2-c2ccccc21)C(C)(C)C)C1COCC1C(=O)O. The maximum atomic E-state index is 13.4. The number of nitrogens with one attached hydrogen (secondary N) is 1. The molecule has 1 fully saturated rings. The minimum Gasteiger partial charge on any atom is -0.481 e. The highest BCUT2D eigenvalue weighted by molar-refractivity contribution is 5.87. The van der Waals surface area contributed by atoms with Gasteiger partial charge in [0.25, 0.3) is 0 Å². The number of rotatable bonds is 6. The summed E-state index contributed by atoms with van der Waals surface area (Å²) in [5.41, 5.74) is 3.84. The van der Waals surface area contributed by atoms with Crippen LogP contribution in [0.4, 0.5) is 4.79 Å². The summed E-state index contributed by atoms with van der Waals surface area (Å²) in [6.45, 7) is 5.85. The Morgan fingerprint density at radius 3 is 2.17 bits per heavy atom. The van der Waals surface area contributed by atoms with Gasteiger partial charge in [-0.3, -0.25) is 9.59 Å². The van der Waals surface area contributed by atoms with E-state index < -0.39 is 35.5 Å². The monoisotopic (exact) mass is 480 g/mol. The third kappa shape index (κ3) is 4.89. The van der Waals surface area contributed by atoms with Crippen LogP contribution < -0.4 is 5.32 Å². The first kappa shape index (κ1) is 24.7. The van der Waals surface area contributed by atoms with Crippen LogP contribution in [-0.2, 0) is 19.1 Å². The first-order chi connectivity index (χ1) is 16.6. The number of fused-ring (bicyclic) bond motifs is 3. The number of benzene rings is 2. The standard InChI is InChI=1S/C27H32N2O6/c1-27(2,3)23(24(30)29(4)22-15-34-13-21(22)25(31)32)28-26(33)35-14-20-18-11-7-5-9-16(18)17-10-6-8-12-19(17)20/h5-12,20-23H,13-15H2,1-4H3,(H,28,33)(H,31,32). The fourth-order valence-corrected chi connectivity index (χ4v) is 4.93. The van der Waals surface area contributed by atoms with E-state index >= 15 is 0 Å². The predicted molar refractivity (Wildman–Crippen MR) is 130 cm³/mol. The van der Waals surface area contributed by atoms with Gasteiger partial charge < -0.3 is 24.8 Å². The average Bonchev–Trinajstić information content (AvgIpc) is 3.43. The number of hydrogen-bond donors (Lipinski definition) is 2. The quantitative estimate of drug-likeness (QED) is 0.656. The van der Waals surface area contributed by atoms with Crippen molar-refractivity contribution >= 4 is 18.0 Å². The van der Waals surface area contributed by atoms with Crippen molar-refractivity contribution in [3.63, 3.8) is 0 Å². The van der Waals surface area contributed by atoms with E-state index in [0.29, 0.717) is 0 Å². The molecule has 0 saturated carbocycles. The van der Waals surface area contributed by atoms with E-state index in [9.17, 15) is 19.5 Å². The number of amides is 2. The minimum absolute atomic E-state index is 0.0532. The number of nitrogens with zero attached hydrogens (tertiary/aromatic N) is 1. The molecular weight excluding hydrogens is 448 g/mol. The number of carboxylic acids is 1. The Hall–Kier alpha value is -3.39. The van der Waals surface area contributed by atoms with Crippen molar-refractivity contribution < 1.29 is 29.0 Å². The maximum Gasteiger partial charge on any atom is 0.407 e. The van der Waals surface area contributed by atoms with Crippen molar-refractivity contribution in [2.45, 2.75) is 38.8 Å². The molecule has 1 aliphatic carbocycles. The molecule has 186 valence electrons. The highest BCUT2D eigenvalue weighted by Crippen LogP contribution is 2.44. The van der Waals surface area contributed by atoms with E-state index in [1.165, 1.54) is 4.90 Å². The lowest BCUT2D eigenvalue weighted by atomic mass is 9.85. The summed E-state index contributed by atoms with van der Waals surface area (Å²) >= 11 is 0. The van der Waals surface area contributed by atoms with Crippen molar-refractivity contribution in [2.75, 3.05) is 26.9 Å². The van der Waals surface area contributed by atoms with Crippen LogP contribution in [0, 0.1) is 11.3 Å². The molecule has 35 heavy (non-hydrogen) atoms. The van der Waals surface area contributed by atoms with E-state index in [1.54, 1.807) is 7.05 Å². The Morgan fingerprint density at radius 2 is 1.63 bits per heavy atom. The molecule has 1 aliphatic heterocycles. The molecule has 2 amide bonds. The molecule has 1 saturated heterocycles. The van der Waals surface area contributed by atoms with Gasteiger partial charge in [-0.05, 0) is 27.7 Å². The zero-order chi connectivity index (χ0) is 25.3. The molecule has 3 atom stereocenters. The highest BCUT2D eigenvalue weighted by atomic mass is 16.5. The Kier molecular flexibility index (Phi) is 6.85. The number of carbonyl (C=O) groups is 3. The third-order valence-electron chi connectivity index (χ3n) is 6.93. The first-order valence-corrected chi connectivity index (χ1v) is 11.8. The van der Waals surface area contributed by atoms with E-state index in [0.717, 1.165) is 22.3 Å². The number of ether oxygens (including phenoxy) is 2. The first-order valence-electron chi connectivity index (χ1n) is 11.8. The number of carbonyl (C=O) groups excluding carboxylic acids is 2. The summed E-state index contributed by atoms with van der Waals surface area (Å²) in [4.78, 5) is 39.2. The van der Waals surface area contributed by atoms with Crippen LogP contribution in [0.15, 0.2) is 48.5 Å². The number of likely N-dealkylation sites (N-methyl/N-ethyl adjacent to an activating group) is 1. The summed E-state index contributed by atoms with van der Waals surface area (Å²) in [6.07, 6.45) is -0.689. The molecule has 1 heterocycles. The van der Waals surface area contributed by atoms with Crippen molar-refractivity contribution in [1.29, 1.82) is 0 Å². The van der Waals surface area contributed by atoms with Crippen LogP contribution in [0.25, 0.3) is 11.1 Å². The summed E-state index contributed by atoms with van der Waals surface area (Å²) in [5, 5.41) is 12.2. The Labute approximate surface area is 205 Å². The zero-order valence-corrected chi connectivity index (χ0v) is 20.5. The topological polar surface area (TPSA) is 105 Å². The van der Waals surface area contributed by atoms with Crippen molar-refractivity contribution in [1.82, 2.24) is 10.2 Å². The summed E-state index contributed by atoms with van der Waals surface area (Å²) < 4.78 is 11.0. The third-order valence-corrected chi connectivity index (χ3v) is 6.93. The van der Waals surface area contributed by atoms with Gasteiger partial charge in [0.05, 0.1) is 19.3 Å². The fourth-order valence-electron chi connectivity index (χ4n) is 4.93. The fraction of sp³-hybridized carbons (Fsp3) is 0.444. The second-order valence-electron chi connectivity index (χ2n) is 10.3. The number of hydrogen-bond acceptors (Lipinski definition) is 5. The molecule has 0 bridgehead atoms. The number of alkyl carbamates (subject to hydrolysis) is 1. The van der Waals surface area contributed by atoms with Crippen LogP contribution >= 0.6 is 0 Å². The van der Waals surface area contributed by atoms with Gasteiger partial charge in [0.15, 0.2) is 0 Å². The maximum absolute atomic E-state index is 13.4. The van der Waals surface area contributed by atoms with Crippen molar-refractivity contribution in [3.05, 3.63) is 59.7 Å². The van der Waals surface area contributed by atoms with E-state index in [1.807, 2.05) is 57.2 Å². The molecule has 8 heteroatoms. The normalized spacial score (nSPS) is 20.0. The van der Waals surface area contributed by atoms with Gasteiger partial charge in [-0.1, -0.05) is 69.3 Å². The van der Waals surface area contributed by atoms with Gasteiger partial charge >= 0.3 is 12.1 Å². The van der Waals surface area contributed by atoms with E-state index in [4.69, 9.17) is 9.47 Å². The summed E-state index contributed by atoms with van der Waals surface area (Å²) in [6, 6.07) is 14.6. The van der Waals surface area contributed by atoms with Crippen LogP contribution in [-0.4, -0.2) is 66.9 Å². The Balaban J connectivity index is 1.45. The van der Waals surface area contributed by atoms with Gasteiger partial charge in [-0.2, -0.15) is 0 Å². The molecule has 2 aromatic rings. The Bertz CT molecular complexity index is 1080. The smallest absolute Gasteiger partial charge is 0.407 e. The molecule has 2 N–H and O–H groups in total. The van der Waals surface area contributed by atoms with Crippen molar-refractivity contribution in [2.24, 2.45) is 11.3 Å². The lowest BCUT2D eigenvalue weighted by Gasteiger charge is -2.36. The van der Waals surface area contributed by atoms with Crippen LogP contribution in [0.1, 0.15) is 37.8 Å². The molecule has 0 aromatic heterocycles. The Morgan fingerprint density at radius 1 is 1.06 bits per heavy atom. The van der Waals surface area contributed by atoms with Crippen LogP contribution in [0.3, 0.4) is 0 Å². The molecule has 0 spiro atoms. The number of aliphatic carboxylic acids is 1. The number of carboxylic acid groups (broad SMARTS) is 1. The lowest BCUT2D eigenvalue weighted by molar-refractivity contribution is -0.145. The van der Waals surface area contributed by atoms with E-state index in [2.05, 4.69) is 17.4 Å². The van der Waals surface area contributed by atoms with Gasteiger partial charge in [-0.15, -0.1) is 0 Å². The predicted octanol–water partition coefficient (Wildman–Crippen LogP) is 3.50. The van der Waals surface area contributed by atoms with Crippen LogP contribution in [0.5, 0.6) is 0 Å². The molecule has 2 aliphatic rings. The zero-order valence-electron chi connectivity index (χ0n) is 20.5. The molecule has 3 unspecified atom stereocenters. The van der Waals surface area contributed by atoms with E-state index in [-0.39, 0.29) is 31.6 Å². The molecule has 4 rings (SSSR count). The summed E-state index contributed by atoms with van der Waals surface area (Å²) in [7, 11) is 1.55. The van der Waals surface area contributed by atoms with Crippen LogP contribution in [0.2, 0.25) is 0 Å². The van der Waals surface area contributed by atoms with Gasteiger partial charge in [0.1, 0.15) is 18.6 Å². The van der Waals surface area contributed by atoms with Crippen molar-refractivity contribution in [3.8, 4) is 11.1 Å². The average molecular weight is 481 g/mol. The summed E-state index contributed by atoms with van der Waals surface area (Å²) in [5.74, 6) is -2.29. The minimum atomic E-state index is -1.01. The largest absolute Gasteiger partial charge is 0.481 e. The molecular formula is C27H32N2O6. The van der Waals surface area contributed by atoms with Gasteiger partial charge in [0, 0.05) is 13.0 Å². The van der Waals surface area contributed by atoms with Gasteiger partial charge in [-0.25, -0.2) is 4.79 Å². The molecule has 8 nitrogen and oxygen atoms in total. The second kappa shape index (κ2) is 9.70. The highest BCUT2D eigenvalue weighted by Gasteiger charge is 2.43. The van der Waals surface area contributed by atoms with Gasteiger partial charge in [0.2, 0.25) is 5.91 Å². The lowest BCUT2D eigenvalue weighted by Crippen LogP contribution is -2.57. The second-order valence-corrected chi connectivity index (χ2v) is 10.3. The molecule has 0 radical (unpaired) electrons. The molecule has 2 aromatic carbocycles.